The lowest BCUT2D eigenvalue weighted by Gasteiger charge is -2.17. The summed E-state index contributed by atoms with van der Waals surface area (Å²) in [5.41, 5.74) is 1.93. The van der Waals surface area contributed by atoms with Gasteiger partial charge >= 0.3 is 0 Å². The molecular weight excluding hydrogens is 348 g/mol. The van der Waals surface area contributed by atoms with Crippen molar-refractivity contribution in [1.29, 1.82) is 5.26 Å². The zero-order chi connectivity index (χ0) is 18.4. The largest absolute Gasteiger partial charge is 0.361 e. The van der Waals surface area contributed by atoms with Crippen LogP contribution >= 0.6 is 11.3 Å². The number of H-pyrrole nitrogens is 1. The second-order valence-electron chi connectivity index (χ2n) is 5.77. The van der Waals surface area contributed by atoms with Crippen LogP contribution in [0.1, 0.15) is 21.7 Å². The van der Waals surface area contributed by atoms with E-state index in [-0.39, 0.29) is 24.8 Å². The fourth-order valence-electron chi connectivity index (χ4n) is 2.73. The number of fused-ring (bicyclic) bond motifs is 1. The van der Waals surface area contributed by atoms with Crippen LogP contribution in [0.2, 0.25) is 0 Å². The average Bonchev–Trinajstić information content (AvgIpc) is 3.31. The van der Waals surface area contributed by atoms with Gasteiger partial charge in [-0.25, -0.2) is 0 Å². The third-order valence-corrected chi connectivity index (χ3v) is 4.87. The van der Waals surface area contributed by atoms with Gasteiger partial charge in [0.05, 0.1) is 17.4 Å². The molecule has 6 nitrogen and oxygen atoms in total. The maximum absolute atomic E-state index is 12.5. The highest BCUT2D eigenvalue weighted by atomic mass is 32.1. The third-order valence-electron chi connectivity index (χ3n) is 4.00. The highest BCUT2D eigenvalue weighted by molar-refractivity contribution is 7.12. The standard InChI is InChI=1S/C19H18N4O2S/c20-8-4-9-21-18(24)16(23-19(25)17-7-3-10-26-17)11-13-12-22-15-6-2-1-5-14(13)15/h1-3,5-7,10,12,16,22H,4,9,11H2,(H,21,24)(H,23,25). The molecule has 3 aromatic rings. The van der Waals surface area contributed by atoms with Crippen LogP contribution in [-0.2, 0) is 11.2 Å². The molecule has 0 saturated carbocycles. The molecular formula is C19H18N4O2S. The Kier molecular flexibility index (Phi) is 5.66. The summed E-state index contributed by atoms with van der Waals surface area (Å²) in [7, 11) is 0. The van der Waals surface area contributed by atoms with Crippen LogP contribution in [-0.4, -0.2) is 29.4 Å². The Hall–Kier alpha value is -3.11. The Morgan fingerprint density at radius 2 is 2.08 bits per heavy atom. The summed E-state index contributed by atoms with van der Waals surface area (Å²) in [5, 5.41) is 17.0. The molecule has 1 aromatic carbocycles. The molecule has 132 valence electrons. The van der Waals surface area contributed by atoms with Gasteiger partial charge in [0.2, 0.25) is 5.91 Å². The molecule has 0 saturated heterocycles. The minimum atomic E-state index is -0.720. The first-order chi connectivity index (χ1) is 12.7. The number of nitrogens with one attached hydrogen (secondary N) is 3. The van der Waals surface area contributed by atoms with Gasteiger partial charge in [-0.1, -0.05) is 24.3 Å². The molecule has 26 heavy (non-hydrogen) atoms. The van der Waals surface area contributed by atoms with Crippen molar-refractivity contribution in [2.24, 2.45) is 0 Å². The van der Waals surface area contributed by atoms with E-state index in [0.29, 0.717) is 11.3 Å². The summed E-state index contributed by atoms with van der Waals surface area (Å²) >= 11 is 1.32. The van der Waals surface area contributed by atoms with E-state index < -0.39 is 6.04 Å². The number of para-hydroxylation sites is 1. The number of amides is 2. The van der Waals surface area contributed by atoms with Gasteiger partial charge in [-0.2, -0.15) is 5.26 Å². The van der Waals surface area contributed by atoms with Crippen LogP contribution in [0, 0.1) is 11.3 Å². The van der Waals surface area contributed by atoms with Gasteiger partial charge in [0.15, 0.2) is 0 Å². The van der Waals surface area contributed by atoms with E-state index in [9.17, 15) is 9.59 Å². The highest BCUT2D eigenvalue weighted by Gasteiger charge is 2.23. The smallest absolute Gasteiger partial charge is 0.262 e. The van der Waals surface area contributed by atoms with Gasteiger partial charge in [0.25, 0.3) is 5.91 Å². The molecule has 0 fully saturated rings. The molecule has 2 aromatic heterocycles. The molecule has 2 heterocycles. The lowest BCUT2D eigenvalue weighted by atomic mass is 10.0. The minimum Gasteiger partial charge on any atom is -0.361 e. The Morgan fingerprint density at radius 1 is 1.23 bits per heavy atom. The molecule has 1 atom stereocenters. The van der Waals surface area contributed by atoms with E-state index in [0.717, 1.165) is 16.5 Å². The fraction of sp³-hybridized carbons (Fsp3) is 0.211. The number of hydrogen-bond acceptors (Lipinski definition) is 4. The Labute approximate surface area is 154 Å². The summed E-state index contributed by atoms with van der Waals surface area (Å²) in [6.07, 6.45) is 2.45. The number of carbonyl (C=O) groups excluding carboxylic acids is 2. The average molecular weight is 366 g/mol. The summed E-state index contributed by atoms with van der Waals surface area (Å²) < 4.78 is 0. The number of nitrogens with zero attached hydrogens (tertiary/aromatic N) is 1. The molecule has 3 rings (SSSR count). The van der Waals surface area contributed by atoms with E-state index in [2.05, 4.69) is 15.6 Å². The quantitative estimate of drug-likeness (QED) is 0.561. The number of aromatic nitrogens is 1. The Morgan fingerprint density at radius 3 is 2.85 bits per heavy atom. The maximum Gasteiger partial charge on any atom is 0.262 e. The molecule has 0 radical (unpaired) electrons. The monoisotopic (exact) mass is 366 g/mol. The van der Waals surface area contributed by atoms with Crippen molar-refractivity contribution in [1.82, 2.24) is 15.6 Å². The van der Waals surface area contributed by atoms with E-state index in [1.165, 1.54) is 11.3 Å². The number of carbonyl (C=O) groups is 2. The van der Waals surface area contributed by atoms with Crippen molar-refractivity contribution < 1.29 is 9.59 Å². The van der Waals surface area contributed by atoms with Gasteiger partial charge in [0, 0.05) is 30.1 Å². The molecule has 0 aliphatic rings. The van der Waals surface area contributed by atoms with Crippen LogP contribution in [0.5, 0.6) is 0 Å². The SMILES string of the molecule is N#CCCNC(=O)C(Cc1c[nH]c2ccccc12)NC(=O)c1cccs1. The summed E-state index contributed by atoms with van der Waals surface area (Å²) in [6.45, 7) is 0.259. The molecule has 0 aliphatic carbocycles. The second-order valence-corrected chi connectivity index (χ2v) is 6.71. The molecule has 2 amide bonds. The van der Waals surface area contributed by atoms with Crippen molar-refractivity contribution in [3.8, 4) is 6.07 Å². The van der Waals surface area contributed by atoms with Gasteiger partial charge in [-0.15, -0.1) is 11.3 Å². The number of aromatic amines is 1. The molecule has 7 heteroatoms. The van der Waals surface area contributed by atoms with E-state index >= 15 is 0 Å². The zero-order valence-corrected chi connectivity index (χ0v) is 14.8. The van der Waals surface area contributed by atoms with Crippen molar-refractivity contribution in [3.05, 3.63) is 58.4 Å². The number of hydrogen-bond donors (Lipinski definition) is 3. The van der Waals surface area contributed by atoms with Crippen LogP contribution in [0.25, 0.3) is 10.9 Å². The minimum absolute atomic E-state index is 0.227. The molecule has 0 aliphatic heterocycles. The number of benzene rings is 1. The molecule has 0 spiro atoms. The Balaban J connectivity index is 1.78. The van der Waals surface area contributed by atoms with Crippen molar-refractivity contribution in [3.63, 3.8) is 0 Å². The maximum atomic E-state index is 12.5. The first kappa shape index (κ1) is 17.7. The molecule has 3 N–H and O–H groups in total. The topological polar surface area (TPSA) is 97.8 Å². The number of rotatable bonds is 7. The fourth-order valence-corrected chi connectivity index (χ4v) is 3.36. The van der Waals surface area contributed by atoms with E-state index in [1.807, 2.05) is 41.9 Å². The number of thiophene rings is 1. The van der Waals surface area contributed by atoms with Gasteiger partial charge in [-0.05, 0) is 23.1 Å². The number of nitriles is 1. The van der Waals surface area contributed by atoms with Gasteiger partial charge in [-0.3, -0.25) is 9.59 Å². The van der Waals surface area contributed by atoms with Crippen molar-refractivity contribution >= 4 is 34.1 Å². The predicted octanol–water partition coefficient (Wildman–Crippen LogP) is 2.60. The van der Waals surface area contributed by atoms with Crippen LogP contribution < -0.4 is 10.6 Å². The van der Waals surface area contributed by atoms with E-state index in [1.54, 1.807) is 12.1 Å². The first-order valence-corrected chi connectivity index (χ1v) is 9.11. The van der Waals surface area contributed by atoms with E-state index in [4.69, 9.17) is 5.26 Å². The summed E-state index contributed by atoms with van der Waals surface area (Å²) in [6, 6.07) is 12.6. The van der Waals surface area contributed by atoms with Crippen LogP contribution in [0.3, 0.4) is 0 Å². The van der Waals surface area contributed by atoms with Crippen molar-refractivity contribution in [2.45, 2.75) is 18.9 Å². The second kappa shape index (κ2) is 8.32. The normalized spacial score (nSPS) is 11.7. The van der Waals surface area contributed by atoms with Crippen molar-refractivity contribution in [2.75, 3.05) is 6.54 Å². The van der Waals surface area contributed by atoms with Gasteiger partial charge < -0.3 is 15.6 Å². The summed E-state index contributed by atoms with van der Waals surface area (Å²) in [4.78, 5) is 28.7. The van der Waals surface area contributed by atoms with Crippen LogP contribution in [0.4, 0.5) is 0 Å². The molecule has 1 unspecified atom stereocenters. The van der Waals surface area contributed by atoms with Gasteiger partial charge in [0.1, 0.15) is 6.04 Å². The first-order valence-electron chi connectivity index (χ1n) is 8.23. The van der Waals surface area contributed by atoms with Crippen LogP contribution in [0.15, 0.2) is 48.0 Å². The lowest BCUT2D eigenvalue weighted by Crippen LogP contribution is -2.48. The molecule has 0 bridgehead atoms. The highest BCUT2D eigenvalue weighted by Crippen LogP contribution is 2.19. The predicted molar refractivity (Wildman–Crippen MR) is 101 cm³/mol. The summed E-state index contributed by atoms with van der Waals surface area (Å²) in [5.74, 6) is -0.573. The lowest BCUT2D eigenvalue weighted by molar-refractivity contribution is -0.122. The Bertz CT molecular complexity index is 940. The third kappa shape index (κ3) is 4.10. The zero-order valence-electron chi connectivity index (χ0n) is 14.0.